The fourth-order valence-electron chi connectivity index (χ4n) is 4.38. The second kappa shape index (κ2) is 11.0. The summed E-state index contributed by atoms with van der Waals surface area (Å²) < 4.78 is 22.7. The number of imidazole rings is 1. The first-order chi connectivity index (χ1) is 16.8. The van der Waals surface area contributed by atoms with Gasteiger partial charge in [0.15, 0.2) is 0 Å². The number of aliphatic hydroxyl groups excluding tert-OH is 1. The minimum Gasteiger partial charge on any atom is -0.489 e. The number of aliphatic hydroxyl groups is 2. The Hall–Kier alpha value is -2.94. The Balaban J connectivity index is 2.00. The molecule has 0 saturated heterocycles. The normalized spacial score (nSPS) is 12.7. The Bertz CT molecular complexity index is 1250. The van der Waals surface area contributed by atoms with Gasteiger partial charge in [0.25, 0.3) is 0 Å². The van der Waals surface area contributed by atoms with Crippen molar-refractivity contribution >= 4 is 17.5 Å². The van der Waals surface area contributed by atoms with Crippen LogP contribution < -0.4 is 10.5 Å². The van der Waals surface area contributed by atoms with Gasteiger partial charge >= 0.3 is 0 Å². The van der Waals surface area contributed by atoms with E-state index < -0.39 is 23.2 Å². The lowest BCUT2D eigenvalue weighted by atomic mass is 9.85. The van der Waals surface area contributed by atoms with Crippen molar-refractivity contribution in [2.24, 2.45) is 12.8 Å². The van der Waals surface area contributed by atoms with Gasteiger partial charge in [0.05, 0.1) is 16.8 Å². The van der Waals surface area contributed by atoms with Crippen molar-refractivity contribution in [3.8, 4) is 17.0 Å². The SMILES string of the molecule is CC(C)Oc1ccc(C(N)=O)c(C(CCO)Cc2ccc(-c3cn(C)c(C(C)(C)O)n3)c(F)c2)c1Cl. The molecule has 3 rings (SSSR count). The number of amides is 1. The second-order valence-corrected chi connectivity index (χ2v) is 10.1. The monoisotopic (exact) mass is 517 g/mol. The number of carbonyl (C=O) groups is 1. The summed E-state index contributed by atoms with van der Waals surface area (Å²) in [6, 6.07) is 7.98. The van der Waals surface area contributed by atoms with Crippen LogP contribution in [0.4, 0.5) is 4.39 Å². The molecule has 1 amide bonds. The van der Waals surface area contributed by atoms with Crippen molar-refractivity contribution in [1.29, 1.82) is 0 Å². The van der Waals surface area contributed by atoms with Crippen molar-refractivity contribution in [3.05, 3.63) is 69.9 Å². The van der Waals surface area contributed by atoms with Gasteiger partial charge in [-0.2, -0.15) is 0 Å². The Morgan fingerprint density at radius 2 is 1.97 bits per heavy atom. The number of nitrogens with two attached hydrogens (primary N) is 1. The van der Waals surface area contributed by atoms with E-state index in [-0.39, 0.29) is 29.7 Å². The van der Waals surface area contributed by atoms with E-state index in [1.807, 2.05) is 13.8 Å². The third-order valence-electron chi connectivity index (χ3n) is 5.87. The molecule has 0 aliphatic heterocycles. The van der Waals surface area contributed by atoms with E-state index in [0.29, 0.717) is 40.4 Å². The number of ether oxygens (including phenoxy) is 1. The van der Waals surface area contributed by atoms with Crippen LogP contribution in [0.15, 0.2) is 36.5 Å². The van der Waals surface area contributed by atoms with Crippen LogP contribution in [0.1, 0.15) is 67.3 Å². The third-order valence-corrected chi connectivity index (χ3v) is 6.26. The summed E-state index contributed by atoms with van der Waals surface area (Å²) in [5, 5.41) is 20.3. The zero-order valence-electron chi connectivity index (χ0n) is 21.2. The van der Waals surface area contributed by atoms with Crippen molar-refractivity contribution in [2.75, 3.05) is 6.61 Å². The summed E-state index contributed by atoms with van der Waals surface area (Å²) in [6.07, 6.45) is 2.11. The number of primary amides is 1. The Morgan fingerprint density at radius 3 is 2.50 bits per heavy atom. The molecule has 1 aromatic heterocycles. The molecule has 7 nitrogen and oxygen atoms in total. The largest absolute Gasteiger partial charge is 0.489 e. The van der Waals surface area contributed by atoms with Gasteiger partial charge < -0.3 is 25.3 Å². The predicted molar refractivity (Wildman–Crippen MR) is 138 cm³/mol. The first kappa shape index (κ1) is 27.6. The number of aryl methyl sites for hydroxylation is 1. The van der Waals surface area contributed by atoms with Gasteiger partial charge in [-0.3, -0.25) is 4.79 Å². The molecule has 0 spiro atoms. The van der Waals surface area contributed by atoms with Gasteiger partial charge in [0.1, 0.15) is 23.0 Å². The van der Waals surface area contributed by atoms with Crippen LogP contribution in [0.25, 0.3) is 11.3 Å². The number of aromatic nitrogens is 2. The van der Waals surface area contributed by atoms with Crippen LogP contribution in [0, 0.1) is 5.82 Å². The molecule has 1 unspecified atom stereocenters. The van der Waals surface area contributed by atoms with E-state index in [2.05, 4.69) is 4.98 Å². The lowest BCUT2D eigenvalue weighted by molar-refractivity contribution is 0.0659. The van der Waals surface area contributed by atoms with E-state index in [4.69, 9.17) is 22.1 Å². The summed E-state index contributed by atoms with van der Waals surface area (Å²) in [6.45, 7) is 6.79. The molecule has 3 aromatic rings. The van der Waals surface area contributed by atoms with Crippen LogP contribution in [0.3, 0.4) is 0 Å². The van der Waals surface area contributed by atoms with E-state index in [1.54, 1.807) is 55.9 Å². The highest BCUT2D eigenvalue weighted by Gasteiger charge is 2.26. The van der Waals surface area contributed by atoms with Gasteiger partial charge in [0.2, 0.25) is 5.91 Å². The first-order valence-corrected chi connectivity index (χ1v) is 12.2. The first-order valence-electron chi connectivity index (χ1n) is 11.8. The highest BCUT2D eigenvalue weighted by molar-refractivity contribution is 6.33. The van der Waals surface area contributed by atoms with Crippen LogP contribution in [0.2, 0.25) is 5.02 Å². The number of rotatable bonds is 10. The fraction of sp³-hybridized carbons (Fsp3) is 0.407. The Kier molecular flexibility index (Phi) is 8.44. The van der Waals surface area contributed by atoms with Gasteiger partial charge in [-0.25, -0.2) is 9.37 Å². The average molecular weight is 518 g/mol. The molecule has 1 heterocycles. The molecule has 0 fully saturated rings. The summed E-state index contributed by atoms with van der Waals surface area (Å²) >= 11 is 6.67. The number of hydrogen-bond donors (Lipinski definition) is 3. The van der Waals surface area contributed by atoms with Crippen molar-refractivity contribution in [1.82, 2.24) is 9.55 Å². The van der Waals surface area contributed by atoms with E-state index >= 15 is 4.39 Å². The van der Waals surface area contributed by atoms with Crippen LogP contribution >= 0.6 is 11.6 Å². The number of nitrogens with zero attached hydrogens (tertiary/aromatic N) is 2. The van der Waals surface area contributed by atoms with Gasteiger partial charge in [-0.1, -0.05) is 17.7 Å². The zero-order valence-corrected chi connectivity index (χ0v) is 21.9. The van der Waals surface area contributed by atoms with Crippen LogP contribution in [0.5, 0.6) is 5.75 Å². The Morgan fingerprint density at radius 1 is 1.28 bits per heavy atom. The van der Waals surface area contributed by atoms with Crippen LogP contribution in [-0.2, 0) is 19.1 Å². The summed E-state index contributed by atoms with van der Waals surface area (Å²) in [7, 11) is 1.74. The molecule has 0 aliphatic rings. The molecular weight excluding hydrogens is 485 g/mol. The molecular formula is C27H33ClFN3O4. The molecule has 36 heavy (non-hydrogen) atoms. The van der Waals surface area contributed by atoms with Gasteiger partial charge in [-0.05, 0) is 81.8 Å². The topological polar surface area (TPSA) is 111 Å². The molecule has 0 aliphatic carbocycles. The molecule has 194 valence electrons. The number of halogens is 2. The third kappa shape index (κ3) is 6.06. The van der Waals surface area contributed by atoms with E-state index in [0.717, 1.165) is 0 Å². The predicted octanol–water partition coefficient (Wildman–Crippen LogP) is 4.70. The molecule has 0 saturated carbocycles. The minimum absolute atomic E-state index is 0.142. The summed E-state index contributed by atoms with van der Waals surface area (Å²) in [5.41, 5.74) is 6.51. The molecule has 1 atom stereocenters. The number of benzene rings is 2. The highest BCUT2D eigenvalue weighted by atomic mass is 35.5. The number of hydrogen-bond acceptors (Lipinski definition) is 5. The highest BCUT2D eigenvalue weighted by Crippen LogP contribution is 2.39. The summed E-state index contributed by atoms with van der Waals surface area (Å²) in [4.78, 5) is 16.6. The maximum atomic E-state index is 15.2. The maximum Gasteiger partial charge on any atom is 0.249 e. The minimum atomic E-state index is -1.17. The lowest BCUT2D eigenvalue weighted by Gasteiger charge is -2.23. The molecule has 2 aromatic carbocycles. The molecule has 4 N–H and O–H groups in total. The van der Waals surface area contributed by atoms with Gasteiger partial charge in [-0.15, -0.1) is 0 Å². The summed E-state index contributed by atoms with van der Waals surface area (Å²) in [5.74, 6) is -0.711. The average Bonchev–Trinajstić information content (AvgIpc) is 3.16. The Labute approximate surface area is 215 Å². The standard InChI is InChI=1S/C27H33ClFN3O4/c1-15(2)36-22-9-8-19(25(30)34)23(24(22)28)17(10-11-33)12-16-6-7-18(20(29)13-16)21-14-32(5)26(31-21)27(3,4)35/h6-9,13-15,17,33,35H,10-12H2,1-5H3,(H2,30,34). The van der Waals surface area contributed by atoms with Crippen molar-refractivity contribution < 1.29 is 24.1 Å². The van der Waals surface area contributed by atoms with Crippen LogP contribution in [-0.4, -0.2) is 38.4 Å². The van der Waals surface area contributed by atoms with E-state index in [1.165, 1.54) is 6.07 Å². The van der Waals surface area contributed by atoms with Crippen molar-refractivity contribution in [2.45, 2.75) is 58.2 Å². The number of carbonyl (C=O) groups excluding carboxylic acids is 1. The second-order valence-electron chi connectivity index (χ2n) is 9.72. The molecule has 9 heteroatoms. The molecule has 0 radical (unpaired) electrons. The zero-order chi connectivity index (χ0) is 26.8. The lowest BCUT2D eigenvalue weighted by Crippen LogP contribution is -2.20. The van der Waals surface area contributed by atoms with E-state index in [9.17, 15) is 15.0 Å². The van der Waals surface area contributed by atoms with Gasteiger partial charge in [0, 0.05) is 31.0 Å². The fourth-order valence-corrected chi connectivity index (χ4v) is 4.74. The quantitative estimate of drug-likeness (QED) is 0.361. The smallest absolute Gasteiger partial charge is 0.249 e. The van der Waals surface area contributed by atoms with Crippen molar-refractivity contribution in [3.63, 3.8) is 0 Å². The maximum absolute atomic E-state index is 15.2. The molecule has 0 bridgehead atoms.